The largest absolute Gasteiger partial charge is 0.322 e. The molecule has 1 aromatic heterocycles. The second-order valence-electron chi connectivity index (χ2n) is 8.37. The maximum atomic E-state index is 12.9. The highest BCUT2D eigenvalue weighted by Gasteiger charge is 2.24. The second kappa shape index (κ2) is 8.13. The molecule has 2 amide bonds. The highest BCUT2D eigenvalue weighted by molar-refractivity contribution is 5.94. The molecule has 3 rings (SSSR count). The van der Waals surface area contributed by atoms with Crippen molar-refractivity contribution in [2.45, 2.75) is 58.9 Å². The molecule has 0 radical (unpaired) electrons. The summed E-state index contributed by atoms with van der Waals surface area (Å²) in [6, 6.07) is 11.6. The van der Waals surface area contributed by atoms with Gasteiger partial charge in [0.25, 0.3) is 0 Å². The monoisotopic (exact) mass is 379 g/mol. The van der Waals surface area contributed by atoms with Crippen molar-refractivity contribution in [2.75, 3.05) is 11.9 Å². The molecule has 5 nitrogen and oxygen atoms in total. The Labute approximate surface area is 167 Å². The smallest absolute Gasteiger partial charge is 0.320 e. The van der Waals surface area contributed by atoms with Crippen LogP contribution in [0.3, 0.4) is 0 Å². The number of Topliss-reactive ketones (excluding diaryl/α,β-unsaturated/α-hetero) is 1. The number of rotatable bonds is 4. The Morgan fingerprint density at radius 2 is 1.89 bits per heavy atom. The SMILES string of the molecule is CCCC(=O)c1ccc2c(n1)CCN(C(=O)Nc1ccccc1C(C)(C)C)C2. The lowest BCUT2D eigenvalue weighted by Crippen LogP contribution is -2.39. The molecule has 0 unspecified atom stereocenters. The van der Waals surface area contributed by atoms with Gasteiger partial charge in [0.05, 0.1) is 0 Å². The van der Waals surface area contributed by atoms with Gasteiger partial charge in [-0.15, -0.1) is 0 Å². The number of nitrogens with zero attached hydrogens (tertiary/aromatic N) is 2. The van der Waals surface area contributed by atoms with Crippen LogP contribution in [0, 0.1) is 0 Å². The van der Waals surface area contributed by atoms with E-state index < -0.39 is 0 Å². The Morgan fingerprint density at radius 3 is 2.61 bits per heavy atom. The third kappa shape index (κ3) is 4.41. The number of amides is 2. The summed E-state index contributed by atoms with van der Waals surface area (Å²) in [5.74, 6) is 0.0873. The van der Waals surface area contributed by atoms with Gasteiger partial charge in [-0.2, -0.15) is 0 Å². The summed E-state index contributed by atoms with van der Waals surface area (Å²) in [5, 5.41) is 3.08. The van der Waals surface area contributed by atoms with Crippen LogP contribution in [0.2, 0.25) is 0 Å². The van der Waals surface area contributed by atoms with E-state index in [0.29, 0.717) is 31.6 Å². The number of aromatic nitrogens is 1. The molecule has 0 saturated carbocycles. The van der Waals surface area contributed by atoms with E-state index in [0.717, 1.165) is 28.9 Å². The number of pyridine rings is 1. The molecular formula is C23H29N3O2. The number of carbonyl (C=O) groups excluding carboxylic acids is 2. The average Bonchev–Trinajstić information content (AvgIpc) is 2.67. The van der Waals surface area contributed by atoms with Crippen molar-refractivity contribution < 1.29 is 9.59 Å². The highest BCUT2D eigenvalue weighted by atomic mass is 16.2. The molecule has 5 heteroatoms. The molecule has 0 atom stereocenters. The molecule has 1 N–H and O–H groups in total. The predicted molar refractivity (Wildman–Crippen MR) is 112 cm³/mol. The Bertz CT molecular complexity index is 884. The summed E-state index contributed by atoms with van der Waals surface area (Å²) in [6.45, 7) is 9.50. The number of fused-ring (bicyclic) bond motifs is 1. The summed E-state index contributed by atoms with van der Waals surface area (Å²) in [4.78, 5) is 31.3. The minimum atomic E-state index is -0.103. The molecule has 1 aliphatic heterocycles. The number of hydrogen-bond donors (Lipinski definition) is 1. The number of nitrogens with one attached hydrogen (secondary N) is 1. The van der Waals surface area contributed by atoms with Gasteiger partial charge in [-0.25, -0.2) is 9.78 Å². The number of urea groups is 1. The summed E-state index contributed by atoms with van der Waals surface area (Å²) in [5.41, 5.74) is 4.40. The van der Waals surface area contributed by atoms with E-state index in [1.165, 1.54) is 0 Å². The molecule has 1 aromatic carbocycles. The molecule has 2 aromatic rings. The summed E-state index contributed by atoms with van der Waals surface area (Å²) >= 11 is 0. The molecule has 1 aliphatic rings. The zero-order valence-corrected chi connectivity index (χ0v) is 17.2. The van der Waals surface area contributed by atoms with Gasteiger partial charge in [-0.1, -0.05) is 52.0 Å². The van der Waals surface area contributed by atoms with Crippen LogP contribution < -0.4 is 5.32 Å². The third-order valence-electron chi connectivity index (χ3n) is 5.07. The van der Waals surface area contributed by atoms with Crippen molar-refractivity contribution in [1.29, 1.82) is 0 Å². The number of anilines is 1. The van der Waals surface area contributed by atoms with Crippen LogP contribution in [0.4, 0.5) is 10.5 Å². The minimum Gasteiger partial charge on any atom is -0.320 e. The molecule has 0 aliphatic carbocycles. The molecule has 0 saturated heterocycles. The van der Waals surface area contributed by atoms with Gasteiger partial charge in [0.2, 0.25) is 0 Å². The average molecular weight is 380 g/mol. The lowest BCUT2D eigenvalue weighted by atomic mass is 9.86. The maximum absolute atomic E-state index is 12.9. The molecule has 0 bridgehead atoms. The first kappa shape index (κ1) is 20.1. The zero-order chi connectivity index (χ0) is 20.3. The standard InChI is InChI=1S/C23H29N3O2/c1-5-8-21(27)20-12-11-16-15-26(14-13-18(16)24-20)22(28)25-19-10-7-6-9-17(19)23(2,3)4/h6-7,9-12H,5,8,13-15H2,1-4H3,(H,25,28). The fourth-order valence-corrected chi connectivity index (χ4v) is 3.54. The maximum Gasteiger partial charge on any atom is 0.322 e. The third-order valence-corrected chi connectivity index (χ3v) is 5.07. The number of ketones is 1. The van der Waals surface area contributed by atoms with Crippen LogP contribution in [0.25, 0.3) is 0 Å². The zero-order valence-electron chi connectivity index (χ0n) is 17.2. The van der Waals surface area contributed by atoms with E-state index in [-0.39, 0.29) is 17.2 Å². The van der Waals surface area contributed by atoms with Crippen molar-refractivity contribution in [3.05, 3.63) is 58.9 Å². The Morgan fingerprint density at radius 1 is 1.14 bits per heavy atom. The van der Waals surface area contributed by atoms with Crippen molar-refractivity contribution in [3.8, 4) is 0 Å². The van der Waals surface area contributed by atoms with Crippen LogP contribution >= 0.6 is 0 Å². The lowest BCUT2D eigenvalue weighted by molar-refractivity contribution is 0.0976. The van der Waals surface area contributed by atoms with Crippen molar-refractivity contribution in [3.63, 3.8) is 0 Å². The van der Waals surface area contributed by atoms with Crippen LogP contribution in [-0.2, 0) is 18.4 Å². The molecule has 148 valence electrons. The van der Waals surface area contributed by atoms with E-state index in [2.05, 4.69) is 37.1 Å². The number of carbonyl (C=O) groups is 2. The fraction of sp³-hybridized carbons (Fsp3) is 0.435. The van der Waals surface area contributed by atoms with E-state index in [1.807, 2.05) is 31.2 Å². The number of para-hydroxylation sites is 1. The van der Waals surface area contributed by atoms with Gasteiger partial charge in [-0.05, 0) is 35.1 Å². The second-order valence-corrected chi connectivity index (χ2v) is 8.37. The Kier molecular flexibility index (Phi) is 5.82. The first-order valence-electron chi connectivity index (χ1n) is 9.97. The Balaban J connectivity index is 1.73. The normalized spacial score (nSPS) is 13.8. The van der Waals surface area contributed by atoms with Gasteiger partial charge in [0.1, 0.15) is 5.69 Å². The number of hydrogen-bond acceptors (Lipinski definition) is 3. The van der Waals surface area contributed by atoms with E-state index in [9.17, 15) is 9.59 Å². The van der Waals surface area contributed by atoms with Gasteiger partial charge in [0, 0.05) is 37.3 Å². The van der Waals surface area contributed by atoms with Gasteiger partial charge < -0.3 is 10.2 Å². The fourth-order valence-electron chi connectivity index (χ4n) is 3.54. The molecular weight excluding hydrogens is 350 g/mol. The molecule has 2 heterocycles. The van der Waals surface area contributed by atoms with Crippen molar-refractivity contribution >= 4 is 17.5 Å². The van der Waals surface area contributed by atoms with Gasteiger partial charge >= 0.3 is 6.03 Å². The van der Waals surface area contributed by atoms with E-state index in [1.54, 1.807) is 11.0 Å². The number of benzene rings is 1. The molecule has 0 spiro atoms. The lowest BCUT2D eigenvalue weighted by Gasteiger charge is -2.30. The Hall–Kier alpha value is -2.69. The quantitative estimate of drug-likeness (QED) is 0.764. The van der Waals surface area contributed by atoms with Crippen molar-refractivity contribution in [2.24, 2.45) is 0 Å². The predicted octanol–water partition coefficient (Wildman–Crippen LogP) is 4.95. The van der Waals surface area contributed by atoms with E-state index in [4.69, 9.17) is 0 Å². The summed E-state index contributed by atoms with van der Waals surface area (Å²) in [7, 11) is 0. The van der Waals surface area contributed by atoms with Gasteiger partial charge in [0.15, 0.2) is 5.78 Å². The minimum absolute atomic E-state index is 0.0519. The first-order chi connectivity index (χ1) is 13.3. The van der Waals surface area contributed by atoms with Gasteiger partial charge in [-0.3, -0.25) is 4.79 Å². The van der Waals surface area contributed by atoms with Crippen LogP contribution in [-0.4, -0.2) is 28.2 Å². The topological polar surface area (TPSA) is 62.3 Å². The van der Waals surface area contributed by atoms with Crippen LogP contribution in [0.15, 0.2) is 36.4 Å². The highest BCUT2D eigenvalue weighted by Crippen LogP contribution is 2.29. The van der Waals surface area contributed by atoms with Crippen LogP contribution in [0.1, 0.15) is 67.8 Å². The van der Waals surface area contributed by atoms with E-state index >= 15 is 0 Å². The van der Waals surface area contributed by atoms with Crippen molar-refractivity contribution in [1.82, 2.24) is 9.88 Å². The summed E-state index contributed by atoms with van der Waals surface area (Å²) < 4.78 is 0. The first-order valence-corrected chi connectivity index (χ1v) is 9.97. The molecule has 28 heavy (non-hydrogen) atoms. The summed E-state index contributed by atoms with van der Waals surface area (Å²) in [6.07, 6.45) is 2.01. The molecule has 0 fully saturated rings. The van der Waals surface area contributed by atoms with Crippen LogP contribution in [0.5, 0.6) is 0 Å².